The average molecular weight is 435 g/mol. The van der Waals surface area contributed by atoms with Crippen LogP contribution in [-0.4, -0.2) is 37.8 Å². The van der Waals surface area contributed by atoms with Crippen LogP contribution in [0.1, 0.15) is 52.3 Å². The molecule has 1 fully saturated rings. The highest BCUT2D eigenvalue weighted by atomic mass is 32.1. The van der Waals surface area contributed by atoms with Crippen molar-refractivity contribution in [2.45, 2.75) is 46.2 Å². The molecule has 2 atom stereocenters. The maximum atomic E-state index is 9.45. The summed E-state index contributed by atoms with van der Waals surface area (Å²) in [6.07, 6.45) is 2.50. The van der Waals surface area contributed by atoms with Crippen molar-refractivity contribution >= 4 is 17.3 Å². The maximum Gasteiger partial charge on any atom is 0.170 e. The molecule has 4 rings (SSSR count). The van der Waals surface area contributed by atoms with Crippen molar-refractivity contribution in [1.82, 2.24) is 19.8 Å². The third kappa shape index (κ3) is 4.10. The van der Waals surface area contributed by atoms with Crippen molar-refractivity contribution in [3.05, 3.63) is 82.4 Å². The second-order valence-corrected chi connectivity index (χ2v) is 8.79. The Morgan fingerprint density at radius 2 is 1.81 bits per heavy atom. The molecule has 2 N–H and O–H groups in total. The molecule has 0 spiro atoms. The van der Waals surface area contributed by atoms with Crippen LogP contribution in [0.15, 0.2) is 48.7 Å². The van der Waals surface area contributed by atoms with Gasteiger partial charge in [0.15, 0.2) is 5.11 Å². The summed E-state index contributed by atoms with van der Waals surface area (Å²) in [5.41, 5.74) is 8.29. The number of pyridine rings is 1. The Bertz CT molecular complexity index is 1070. The van der Waals surface area contributed by atoms with Crippen molar-refractivity contribution in [1.29, 1.82) is 0 Å². The molecule has 0 amide bonds. The van der Waals surface area contributed by atoms with E-state index in [4.69, 9.17) is 12.2 Å². The zero-order valence-corrected chi connectivity index (χ0v) is 19.4. The third-order valence-electron chi connectivity index (χ3n) is 6.01. The number of hydrogen-bond acceptors (Lipinski definition) is 3. The zero-order valence-electron chi connectivity index (χ0n) is 18.6. The van der Waals surface area contributed by atoms with E-state index in [1.165, 1.54) is 33.8 Å². The molecule has 0 radical (unpaired) electrons. The van der Waals surface area contributed by atoms with Crippen LogP contribution in [-0.2, 0) is 0 Å². The Balaban J connectivity index is 1.83. The summed E-state index contributed by atoms with van der Waals surface area (Å²) in [5.74, 6) is 0. The van der Waals surface area contributed by atoms with E-state index < -0.39 is 0 Å². The van der Waals surface area contributed by atoms with Crippen LogP contribution in [0.5, 0.6) is 0 Å². The predicted octanol–water partition coefficient (Wildman–Crippen LogP) is 4.46. The molecule has 1 saturated heterocycles. The van der Waals surface area contributed by atoms with Crippen molar-refractivity contribution in [2.24, 2.45) is 0 Å². The molecule has 31 heavy (non-hydrogen) atoms. The van der Waals surface area contributed by atoms with E-state index in [-0.39, 0.29) is 18.7 Å². The normalized spacial score (nSPS) is 18.5. The summed E-state index contributed by atoms with van der Waals surface area (Å²) in [6.45, 7) is 9.45. The molecule has 0 unspecified atom stereocenters. The number of rotatable bonds is 6. The van der Waals surface area contributed by atoms with Crippen LogP contribution in [0, 0.1) is 27.7 Å². The highest BCUT2D eigenvalue weighted by molar-refractivity contribution is 7.80. The lowest BCUT2D eigenvalue weighted by Gasteiger charge is -2.28. The van der Waals surface area contributed by atoms with Crippen molar-refractivity contribution in [2.75, 3.05) is 13.2 Å². The number of thiocarbonyl (C=S) groups is 1. The fraction of sp³-hybridized carbons (Fsp3) is 0.360. The van der Waals surface area contributed by atoms with E-state index in [1.807, 2.05) is 24.4 Å². The van der Waals surface area contributed by atoms with Gasteiger partial charge >= 0.3 is 0 Å². The first-order chi connectivity index (χ1) is 14.9. The topological polar surface area (TPSA) is 53.3 Å². The minimum absolute atomic E-state index is 0.0137. The first-order valence-electron chi connectivity index (χ1n) is 10.8. The van der Waals surface area contributed by atoms with E-state index in [0.717, 1.165) is 5.69 Å². The van der Waals surface area contributed by atoms with Crippen LogP contribution < -0.4 is 5.32 Å². The van der Waals surface area contributed by atoms with Crippen LogP contribution in [0.3, 0.4) is 0 Å². The Hall–Kier alpha value is -2.70. The molecule has 5 nitrogen and oxygen atoms in total. The molecule has 3 aromatic rings. The summed E-state index contributed by atoms with van der Waals surface area (Å²) in [7, 11) is 0. The Labute approximate surface area is 189 Å². The van der Waals surface area contributed by atoms with Crippen molar-refractivity contribution in [3.8, 4) is 5.69 Å². The molecular formula is C25H30N4OS. The first kappa shape index (κ1) is 21.5. The number of benzene rings is 1. The van der Waals surface area contributed by atoms with E-state index in [9.17, 15) is 5.11 Å². The lowest BCUT2D eigenvalue weighted by Crippen LogP contribution is -2.31. The van der Waals surface area contributed by atoms with Crippen LogP contribution >= 0.6 is 12.2 Å². The summed E-state index contributed by atoms with van der Waals surface area (Å²) in [5, 5.41) is 13.7. The number of nitrogens with zero attached hydrogens (tertiary/aromatic N) is 3. The van der Waals surface area contributed by atoms with Crippen molar-refractivity contribution in [3.63, 3.8) is 0 Å². The molecule has 2 aromatic heterocycles. The van der Waals surface area contributed by atoms with Gasteiger partial charge in [-0.15, -0.1) is 0 Å². The second kappa shape index (κ2) is 8.81. The summed E-state index contributed by atoms with van der Waals surface area (Å²) in [6, 6.07) is 14.9. The highest BCUT2D eigenvalue weighted by Crippen LogP contribution is 2.41. The standard InChI is InChI=1S/C25H30N4OS/c1-16-12-17(2)14-20(13-16)29-18(3)15-21(19(29)4)24-23(22-8-5-6-9-26-22)27-25(31)28(24)10-7-11-30/h5-6,8-9,12-15,23-24,30H,7,10-11H2,1-4H3,(H,27,31)/t23-,24-/m1/s1. The maximum absolute atomic E-state index is 9.45. The predicted molar refractivity (Wildman–Crippen MR) is 129 cm³/mol. The fourth-order valence-corrected chi connectivity index (χ4v) is 5.12. The van der Waals surface area contributed by atoms with Crippen LogP contribution in [0.2, 0.25) is 0 Å². The molecule has 6 heteroatoms. The van der Waals surface area contributed by atoms with Gasteiger partial charge in [-0.3, -0.25) is 4.98 Å². The molecule has 0 bridgehead atoms. The summed E-state index contributed by atoms with van der Waals surface area (Å²) >= 11 is 5.72. The average Bonchev–Trinajstić information content (AvgIpc) is 3.21. The monoisotopic (exact) mass is 434 g/mol. The van der Waals surface area contributed by atoms with Crippen LogP contribution in [0.25, 0.3) is 5.69 Å². The Morgan fingerprint density at radius 1 is 1.06 bits per heavy atom. The lowest BCUT2D eigenvalue weighted by molar-refractivity contribution is 0.247. The SMILES string of the molecule is Cc1cc(C)cc(-n2c(C)cc([C@@H]3[C@@H](c4ccccn4)NC(=S)N3CCCO)c2C)c1. The van der Waals surface area contributed by atoms with Gasteiger partial charge in [0.1, 0.15) is 0 Å². The van der Waals surface area contributed by atoms with E-state index >= 15 is 0 Å². The largest absolute Gasteiger partial charge is 0.396 e. The molecule has 1 aliphatic heterocycles. The van der Waals surface area contributed by atoms with Gasteiger partial charge in [0.05, 0.1) is 17.8 Å². The third-order valence-corrected chi connectivity index (χ3v) is 6.36. The van der Waals surface area contributed by atoms with Gasteiger partial charge in [-0.05, 0) is 93.4 Å². The molecular weight excluding hydrogens is 404 g/mol. The number of aliphatic hydroxyl groups excluding tert-OH is 1. The minimum Gasteiger partial charge on any atom is -0.396 e. The molecule has 0 saturated carbocycles. The number of aromatic nitrogens is 2. The summed E-state index contributed by atoms with van der Waals surface area (Å²) in [4.78, 5) is 6.83. The number of nitrogens with one attached hydrogen (secondary N) is 1. The Morgan fingerprint density at radius 3 is 2.45 bits per heavy atom. The molecule has 0 aliphatic carbocycles. The number of hydrogen-bond donors (Lipinski definition) is 2. The van der Waals surface area contributed by atoms with Gasteiger partial charge in [-0.25, -0.2) is 0 Å². The quantitative estimate of drug-likeness (QED) is 0.561. The fourth-order valence-electron chi connectivity index (χ4n) is 4.79. The van der Waals surface area contributed by atoms with Gasteiger partial charge < -0.3 is 19.9 Å². The molecule has 1 aliphatic rings. The van der Waals surface area contributed by atoms with E-state index in [2.05, 4.69) is 71.7 Å². The van der Waals surface area contributed by atoms with Gasteiger partial charge in [0.2, 0.25) is 0 Å². The second-order valence-electron chi connectivity index (χ2n) is 8.40. The van der Waals surface area contributed by atoms with Gasteiger partial charge in [0.25, 0.3) is 0 Å². The van der Waals surface area contributed by atoms with Gasteiger partial charge in [0, 0.05) is 36.4 Å². The zero-order chi connectivity index (χ0) is 22.1. The molecule has 162 valence electrons. The number of aliphatic hydroxyl groups is 1. The van der Waals surface area contributed by atoms with Gasteiger partial charge in [-0.1, -0.05) is 12.1 Å². The minimum atomic E-state index is -0.0411. The van der Waals surface area contributed by atoms with E-state index in [0.29, 0.717) is 18.1 Å². The van der Waals surface area contributed by atoms with Crippen LogP contribution in [0.4, 0.5) is 0 Å². The van der Waals surface area contributed by atoms with E-state index in [1.54, 1.807) is 0 Å². The molecule has 3 heterocycles. The highest BCUT2D eigenvalue weighted by Gasteiger charge is 2.41. The smallest absolute Gasteiger partial charge is 0.170 e. The Kier molecular flexibility index (Phi) is 6.12. The molecule has 1 aromatic carbocycles. The number of aryl methyl sites for hydroxylation is 3. The first-order valence-corrected chi connectivity index (χ1v) is 11.2. The van der Waals surface area contributed by atoms with Crippen molar-refractivity contribution < 1.29 is 5.11 Å². The van der Waals surface area contributed by atoms with Gasteiger partial charge in [-0.2, -0.15) is 0 Å². The lowest BCUT2D eigenvalue weighted by atomic mass is 9.96. The summed E-state index contributed by atoms with van der Waals surface area (Å²) < 4.78 is 2.33.